The van der Waals surface area contributed by atoms with Gasteiger partial charge in [-0.05, 0) is 43.7 Å². The highest BCUT2D eigenvalue weighted by molar-refractivity contribution is 7.09. The third-order valence-corrected chi connectivity index (χ3v) is 5.83. The van der Waals surface area contributed by atoms with Gasteiger partial charge in [0.2, 0.25) is 11.8 Å². The van der Waals surface area contributed by atoms with Crippen LogP contribution in [0.5, 0.6) is 0 Å². The van der Waals surface area contributed by atoms with Crippen LogP contribution in [0.2, 0.25) is 0 Å². The highest BCUT2D eigenvalue weighted by Crippen LogP contribution is 2.29. The molecule has 1 aromatic rings. The molecule has 6 heteroatoms. The summed E-state index contributed by atoms with van der Waals surface area (Å²) < 4.78 is 0. The van der Waals surface area contributed by atoms with Gasteiger partial charge in [0, 0.05) is 30.4 Å². The predicted molar refractivity (Wildman–Crippen MR) is 91.2 cm³/mol. The van der Waals surface area contributed by atoms with Crippen molar-refractivity contribution in [1.29, 1.82) is 0 Å². The smallest absolute Gasteiger partial charge is 0.234 e. The molecule has 0 saturated carbocycles. The van der Waals surface area contributed by atoms with E-state index < -0.39 is 0 Å². The van der Waals surface area contributed by atoms with Gasteiger partial charge in [-0.1, -0.05) is 6.07 Å². The second kappa shape index (κ2) is 7.45. The van der Waals surface area contributed by atoms with Gasteiger partial charge in [-0.3, -0.25) is 14.5 Å². The molecular weight excluding hydrogens is 310 g/mol. The minimum absolute atomic E-state index is 0.0812. The second-order valence-corrected chi connectivity index (χ2v) is 7.49. The van der Waals surface area contributed by atoms with Crippen LogP contribution in [0.15, 0.2) is 17.5 Å². The quantitative estimate of drug-likeness (QED) is 0.893. The van der Waals surface area contributed by atoms with Crippen LogP contribution in [0.1, 0.15) is 37.5 Å². The highest BCUT2D eigenvalue weighted by atomic mass is 32.1. The summed E-state index contributed by atoms with van der Waals surface area (Å²) >= 11 is 1.66. The molecule has 2 fully saturated rings. The largest absolute Gasteiger partial charge is 0.350 e. The lowest BCUT2D eigenvalue weighted by atomic mass is 10.0. The zero-order chi connectivity index (χ0) is 16.2. The van der Waals surface area contributed by atoms with Gasteiger partial charge in [-0.15, -0.1) is 11.3 Å². The Morgan fingerprint density at radius 3 is 2.78 bits per heavy atom. The number of nitrogens with one attached hydrogen (secondary N) is 1. The van der Waals surface area contributed by atoms with E-state index in [-0.39, 0.29) is 11.8 Å². The predicted octanol–water partition coefficient (Wildman–Crippen LogP) is 1.84. The van der Waals surface area contributed by atoms with Crippen LogP contribution in [0.4, 0.5) is 0 Å². The topological polar surface area (TPSA) is 52.7 Å². The van der Waals surface area contributed by atoms with Gasteiger partial charge < -0.3 is 10.2 Å². The molecule has 3 heterocycles. The first-order valence-corrected chi connectivity index (χ1v) is 9.33. The van der Waals surface area contributed by atoms with Crippen LogP contribution < -0.4 is 5.32 Å². The zero-order valence-electron chi connectivity index (χ0n) is 13.7. The van der Waals surface area contributed by atoms with Crippen LogP contribution >= 0.6 is 11.3 Å². The molecule has 0 spiro atoms. The van der Waals surface area contributed by atoms with Crippen molar-refractivity contribution in [3.8, 4) is 0 Å². The molecule has 2 aliphatic heterocycles. The molecule has 0 bridgehead atoms. The summed E-state index contributed by atoms with van der Waals surface area (Å²) in [4.78, 5) is 29.5. The fourth-order valence-corrected chi connectivity index (χ4v) is 4.55. The van der Waals surface area contributed by atoms with Crippen molar-refractivity contribution in [2.45, 2.75) is 51.2 Å². The Kier molecular flexibility index (Phi) is 5.33. The van der Waals surface area contributed by atoms with Gasteiger partial charge in [0.05, 0.1) is 13.1 Å². The monoisotopic (exact) mass is 335 g/mol. The van der Waals surface area contributed by atoms with E-state index in [1.54, 1.807) is 18.3 Å². The number of rotatable bonds is 5. The van der Waals surface area contributed by atoms with Gasteiger partial charge in [-0.25, -0.2) is 0 Å². The molecule has 126 valence electrons. The van der Waals surface area contributed by atoms with Crippen molar-refractivity contribution >= 4 is 23.2 Å². The molecule has 23 heavy (non-hydrogen) atoms. The summed E-state index contributed by atoms with van der Waals surface area (Å²) in [7, 11) is 0. The normalized spacial score (nSPS) is 25.0. The van der Waals surface area contributed by atoms with E-state index in [9.17, 15) is 9.59 Å². The Morgan fingerprint density at radius 2 is 2.04 bits per heavy atom. The lowest BCUT2D eigenvalue weighted by Crippen LogP contribution is -2.50. The molecule has 0 aliphatic carbocycles. The Labute approximate surface area is 141 Å². The fourth-order valence-electron chi connectivity index (χ4n) is 3.91. The zero-order valence-corrected chi connectivity index (χ0v) is 14.5. The van der Waals surface area contributed by atoms with Crippen molar-refractivity contribution in [1.82, 2.24) is 15.1 Å². The molecule has 2 saturated heterocycles. The Balaban J connectivity index is 1.54. The van der Waals surface area contributed by atoms with Gasteiger partial charge in [0.1, 0.15) is 0 Å². The number of likely N-dealkylation sites (tertiary alicyclic amines) is 2. The minimum atomic E-state index is 0.0812. The first-order chi connectivity index (χ1) is 11.1. The van der Waals surface area contributed by atoms with Crippen molar-refractivity contribution in [2.24, 2.45) is 0 Å². The van der Waals surface area contributed by atoms with Gasteiger partial charge in [0.25, 0.3) is 0 Å². The van der Waals surface area contributed by atoms with E-state index in [1.807, 2.05) is 22.4 Å². The van der Waals surface area contributed by atoms with Crippen LogP contribution in [-0.2, 0) is 16.1 Å². The van der Waals surface area contributed by atoms with Crippen molar-refractivity contribution in [3.05, 3.63) is 22.4 Å². The number of amides is 2. The molecular formula is C17H25N3O2S. The van der Waals surface area contributed by atoms with E-state index in [1.165, 1.54) is 4.88 Å². The van der Waals surface area contributed by atoms with Crippen LogP contribution in [0.25, 0.3) is 0 Å². The van der Waals surface area contributed by atoms with E-state index in [0.717, 1.165) is 38.8 Å². The SMILES string of the molecule is CC(=O)N1CCCC1C1CCCN1CC(=O)NCc1cccs1. The Hall–Kier alpha value is -1.40. The van der Waals surface area contributed by atoms with Crippen LogP contribution in [-0.4, -0.2) is 53.3 Å². The maximum Gasteiger partial charge on any atom is 0.234 e. The van der Waals surface area contributed by atoms with Crippen molar-refractivity contribution < 1.29 is 9.59 Å². The molecule has 2 unspecified atom stereocenters. The van der Waals surface area contributed by atoms with Crippen LogP contribution in [0, 0.1) is 0 Å². The highest BCUT2D eigenvalue weighted by Gasteiger charge is 2.39. The van der Waals surface area contributed by atoms with Gasteiger partial charge in [0.15, 0.2) is 0 Å². The number of carbonyl (C=O) groups is 2. The summed E-state index contributed by atoms with van der Waals surface area (Å²) in [5.74, 6) is 0.249. The van der Waals surface area contributed by atoms with E-state index in [2.05, 4.69) is 10.2 Å². The average molecular weight is 335 g/mol. The van der Waals surface area contributed by atoms with Gasteiger partial charge in [-0.2, -0.15) is 0 Å². The van der Waals surface area contributed by atoms with E-state index >= 15 is 0 Å². The molecule has 0 aromatic carbocycles. The summed E-state index contributed by atoms with van der Waals surface area (Å²) in [6, 6.07) is 4.67. The average Bonchev–Trinajstić information content (AvgIpc) is 3.25. The maximum absolute atomic E-state index is 12.2. The first-order valence-electron chi connectivity index (χ1n) is 8.45. The van der Waals surface area contributed by atoms with Crippen LogP contribution in [0.3, 0.4) is 0 Å². The summed E-state index contributed by atoms with van der Waals surface area (Å²) in [5, 5.41) is 5.03. The maximum atomic E-state index is 12.2. The van der Waals surface area contributed by atoms with Gasteiger partial charge >= 0.3 is 0 Å². The lowest BCUT2D eigenvalue weighted by molar-refractivity contribution is -0.130. The minimum Gasteiger partial charge on any atom is -0.350 e. The molecule has 2 amide bonds. The van der Waals surface area contributed by atoms with Crippen molar-refractivity contribution in [3.63, 3.8) is 0 Å². The number of thiophene rings is 1. The molecule has 0 radical (unpaired) electrons. The van der Waals surface area contributed by atoms with E-state index in [0.29, 0.717) is 25.2 Å². The number of carbonyl (C=O) groups excluding carboxylic acids is 2. The fraction of sp³-hybridized carbons (Fsp3) is 0.647. The summed E-state index contributed by atoms with van der Waals surface area (Å²) in [6.45, 7) is 4.54. The Bertz CT molecular complexity index is 546. The molecule has 1 aromatic heterocycles. The number of nitrogens with zero attached hydrogens (tertiary/aromatic N) is 2. The Morgan fingerprint density at radius 1 is 1.26 bits per heavy atom. The third kappa shape index (κ3) is 3.93. The molecule has 2 aliphatic rings. The number of hydrogen-bond donors (Lipinski definition) is 1. The molecule has 5 nitrogen and oxygen atoms in total. The standard InChI is InChI=1S/C17H25N3O2S/c1-13(21)20-9-3-7-16(20)15-6-2-8-19(15)12-17(22)18-11-14-5-4-10-23-14/h4-5,10,15-16H,2-3,6-9,11-12H2,1H3,(H,18,22). The van der Waals surface area contributed by atoms with E-state index in [4.69, 9.17) is 0 Å². The summed E-state index contributed by atoms with van der Waals surface area (Å²) in [5.41, 5.74) is 0. The lowest BCUT2D eigenvalue weighted by Gasteiger charge is -2.34. The molecule has 1 N–H and O–H groups in total. The van der Waals surface area contributed by atoms with Crippen molar-refractivity contribution in [2.75, 3.05) is 19.6 Å². The first kappa shape index (κ1) is 16.5. The second-order valence-electron chi connectivity index (χ2n) is 6.46. The molecule has 2 atom stereocenters. The number of hydrogen-bond acceptors (Lipinski definition) is 4. The molecule has 3 rings (SSSR count). The summed E-state index contributed by atoms with van der Waals surface area (Å²) in [6.07, 6.45) is 4.36. The third-order valence-electron chi connectivity index (χ3n) is 4.95.